The van der Waals surface area contributed by atoms with E-state index in [2.05, 4.69) is 74.6 Å². The first-order valence-electron chi connectivity index (χ1n) is 15.5. The van der Waals surface area contributed by atoms with Crippen LogP contribution in [0.4, 0.5) is 5.69 Å². The van der Waals surface area contributed by atoms with Gasteiger partial charge in [0.2, 0.25) is 5.91 Å². The van der Waals surface area contributed by atoms with Crippen LogP contribution in [0.5, 0.6) is 11.5 Å². The van der Waals surface area contributed by atoms with Gasteiger partial charge in [-0.2, -0.15) is 0 Å². The highest BCUT2D eigenvalue weighted by Gasteiger charge is 2.51. The first-order chi connectivity index (χ1) is 22.1. The second-order valence-electron chi connectivity index (χ2n) is 12.5. The largest absolute Gasteiger partial charge is 0.493 e. The highest BCUT2D eigenvalue weighted by molar-refractivity contribution is 8.01. The van der Waals surface area contributed by atoms with Crippen molar-refractivity contribution in [2.45, 2.75) is 48.6 Å². The molecule has 242 valence electrons. The van der Waals surface area contributed by atoms with Gasteiger partial charge in [0.25, 0.3) is 8.32 Å². The molecule has 0 unspecified atom stereocenters. The fourth-order valence-electron chi connectivity index (χ4n) is 6.57. The van der Waals surface area contributed by atoms with Crippen LogP contribution in [0.15, 0.2) is 97.1 Å². The maximum absolute atomic E-state index is 14.3. The molecule has 0 fully saturated rings. The van der Waals surface area contributed by atoms with Gasteiger partial charge in [0.1, 0.15) is 0 Å². The molecule has 1 aliphatic heterocycles. The fraction of sp³-hybridized carbons (Fsp3) is 0.324. The monoisotopic (exact) mass is 675 g/mol. The van der Waals surface area contributed by atoms with Crippen LogP contribution in [0, 0.1) is 0 Å². The molecule has 2 N–H and O–H groups in total. The van der Waals surface area contributed by atoms with Crippen LogP contribution in [0.25, 0.3) is 0 Å². The minimum Gasteiger partial charge on any atom is -0.493 e. The average Bonchev–Trinajstić information content (AvgIpc) is 3.17. The van der Waals surface area contributed by atoms with Gasteiger partial charge in [-0.1, -0.05) is 105 Å². The topological polar surface area (TPSA) is 77.0 Å². The van der Waals surface area contributed by atoms with Crippen LogP contribution >= 0.6 is 23.4 Å². The third kappa shape index (κ3) is 6.46. The van der Waals surface area contributed by atoms with E-state index < -0.39 is 13.1 Å². The number of ether oxygens (including phenoxy) is 2. The summed E-state index contributed by atoms with van der Waals surface area (Å²) >= 11 is 8.05. The van der Waals surface area contributed by atoms with Crippen LogP contribution in [-0.2, 0) is 9.22 Å². The van der Waals surface area contributed by atoms with E-state index in [1.54, 1.807) is 20.3 Å². The fourth-order valence-corrected chi connectivity index (χ4v) is 13.0. The molecule has 0 aromatic heterocycles. The summed E-state index contributed by atoms with van der Waals surface area (Å²) in [7, 11) is 0.361. The molecule has 5 rings (SSSR count). The Morgan fingerprint density at radius 3 is 2.09 bits per heavy atom. The number of carbonyl (C=O) groups is 1. The number of thioether (sulfide) groups is 1. The number of halogens is 1. The van der Waals surface area contributed by atoms with Gasteiger partial charge >= 0.3 is 0 Å². The zero-order valence-corrected chi connectivity index (χ0v) is 29.6. The number of para-hydroxylation sites is 1. The minimum atomic E-state index is -2.86. The molecule has 4 aromatic carbocycles. The Morgan fingerprint density at radius 1 is 0.870 bits per heavy atom. The number of hydrogen-bond donors (Lipinski definition) is 2. The number of rotatable bonds is 11. The third-order valence-corrected chi connectivity index (χ3v) is 15.8. The Kier molecular flexibility index (Phi) is 10.5. The van der Waals surface area contributed by atoms with E-state index in [1.807, 2.05) is 42.5 Å². The van der Waals surface area contributed by atoms with E-state index in [0.717, 1.165) is 11.1 Å². The summed E-state index contributed by atoms with van der Waals surface area (Å²) in [6.07, 6.45) is 0.608. The molecule has 6 nitrogen and oxygen atoms in total. The van der Waals surface area contributed by atoms with Crippen molar-refractivity contribution in [2.24, 2.45) is 0 Å². The molecule has 4 aromatic rings. The lowest BCUT2D eigenvalue weighted by molar-refractivity contribution is -0.119. The van der Waals surface area contributed by atoms with Crippen molar-refractivity contribution in [3.63, 3.8) is 0 Å². The van der Waals surface area contributed by atoms with Crippen LogP contribution in [-0.4, -0.2) is 51.5 Å². The first-order valence-corrected chi connectivity index (χ1v) is 18.6. The molecule has 2 atom stereocenters. The van der Waals surface area contributed by atoms with Gasteiger partial charge in [-0.3, -0.25) is 4.79 Å². The maximum atomic E-state index is 14.3. The van der Waals surface area contributed by atoms with Crippen LogP contribution in [0.2, 0.25) is 10.1 Å². The van der Waals surface area contributed by atoms with E-state index in [0.29, 0.717) is 35.2 Å². The van der Waals surface area contributed by atoms with Crippen molar-refractivity contribution < 1.29 is 23.8 Å². The lowest BCUT2D eigenvalue weighted by Gasteiger charge is -2.44. The van der Waals surface area contributed by atoms with Crippen LogP contribution < -0.4 is 25.2 Å². The van der Waals surface area contributed by atoms with Crippen molar-refractivity contribution in [3.05, 3.63) is 113 Å². The summed E-state index contributed by atoms with van der Waals surface area (Å²) in [6, 6.07) is 32.2. The number of fused-ring (bicyclic) bond motifs is 1. The van der Waals surface area contributed by atoms with E-state index in [4.69, 9.17) is 25.5 Å². The van der Waals surface area contributed by atoms with Gasteiger partial charge in [-0.15, -0.1) is 11.8 Å². The Hall–Kier alpha value is -3.27. The summed E-state index contributed by atoms with van der Waals surface area (Å²) in [5, 5.41) is 16.0. The van der Waals surface area contributed by atoms with Crippen molar-refractivity contribution in [3.8, 4) is 11.5 Å². The number of amides is 1. The van der Waals surface area contributed by atoms with E-state index >= 15 is 0 Å². The van der Waals surface area contributed by atoms with E-state index in [1.165, 1.54) is 22.1 Å². The van der Waals surface area contributed by atoms with Crippen molar-refractivity contribution in [1.29, 1.82) is 0 Å². The van der Waals surface area contributed by atoms with Gasteiger partial charge in [-0.05, 0) is 58.1 Å². The van der Waals surface area contributed by atoms with Crippen LogP contribution in [0.1, 0.15) is 50.0 Å². The molecule has 1 heterocycles. The van der Waals surface area contributed by atoms with Gasteiger partial charge in [0, 0.05) is 29.5 Å². The predicted octanol–water partition coefficient (Wildman–Crippen LogP) is 7.22. The van der Waals surface area contributed by atoms with Crippen molar-refractivity contribution >= 4 is 53.6 Å². The number of aliphatic hydroxyl groups is 1. The lowest BCUT2D eigenvalue weighted by atomic mass is 9.99. The normalized spacial score (nSPS) is 18.3. The molecule has 9 heteroatoms. The first kappa shape index (κ1) is 34.1. The molecule has 0 aliphatic carbocycles. The number of hydrogen-bond acceptors (Lipinski definition) is 6. The molecule has 0 spiro atoms. The number of methoxy groups -OCH3 is 2. The van der Waals surface area contributed by atoms with Crippen molar-refractivity contribution in [1.82, 2.24) is 0 Å². The number of anilines is 1. The molecule has 0 radical (unpaired) electrons. The number of nitrogens with one attached hydrogen (secondary N) is 1. The summed E-state index contributed by atoms with van der Waals surface area (Å²) in [5.41, 5.74) is 2.37. The van der Waals surface area contributed by atoms with Gasteiger partial charge in [-0.25, -0.2) is 0 Å². The number of carbonyl (C=O) groups excluding carboxylic acids is 1. The highest BCUT2D eigenvalue weighted by atomic mass is 35.5. The Labute approximate surface area is 282 Å². The SMILES string of the molecule is COc1cccc([C@@H]2S[C@@](CCO)(CCO[Si](c3ccccc3)(c3ccccc3)C(C)(C)C)C(=O)Nc3ccc(Cl)cc32)c1OC. The van der Waals surface area contributed by atoms with Gasteiger partial charge in [0.05, 0.1) is 24.2 Å². The van der Waals surface area contributed by atoms with Crippen molar-refractivity contribution in [2.75, 3.05) is 32.8 Å². The zero-order chi connectivity index (χ0) is 33.0. The van der Waals surface area contributed by atoms with Gasteiger partial charge in [0.15, 0.2) is 11.5 Å². The molecule has 0 saturated carbocycles. The average molecular weight is 676 g/mol. The molecular weight excluding hydrogens is 634 g/mol. The quantitative estimate of drug-likeness (QED) is 0.164. The summed E-state index contributed by atoms with van der Waals surface area (Å²) in [6.45, 7) is 6.86. The predicted molar refractivity (Wildman–Crippen MR) is 192 cm³/mol. The Bertz CT molecular complexity index is 1610. The Balaban J connectivity index is 1.60. The molecule has 0 saturated heterocycles. The molecule has 46 heavy (non-hydrogen) atoms. The minimum absolute atomic E-state index is 0.168. The van der Waals surface area contributed by atoms with Crippen LogP contribution in [0.3, 0.4) is 0 Å². The van der Waals surface area contributed by atoms with E-state index in [-0.39, 0.29) is 29.2 Å². The molecule has 0 bridgehead atoms. The summed E-state index contributed by atoms with van der Waals surface area (Å²) < 4.78 is 17.7. The second-order valence-corrected chi connectivity index (χ2v) is 18.7. The second kappa shape index (κ2) is 14.2. The summed E-state index contributed by atoms with van der Waals surface area (Å²) in [4.78, 5) is 14.3. The third-order valence-electron chi connectivity index (χ3n) is 8.77. The molecular formula is C37H42ClNO5SSi. The molecule has 1 amide bonds. The van der Waals surface area contributed by atoms with E-state index in [9.17, 15) is 9.90 Å². The summed E-state index contributed by atoms with van der Waals surface area (Å²) in [5.74, 6) is 1.00. The lowest BCUT2D eigenvalue weighted by Crippen LogP contribution is -2.66. The maximum Gasteiger partial charge on any atom is 0.261 e. The Morgan fingerprint density at radius 2 is 1.52 bits per heavy atom. The number of benzene rings is 4. The highest BCUT2D eigenvalue weighted by Crippen LogP contribution is 2.54. The smallest absolute Gasteiger partial charge is 0.261 e. The number of aliphatic hydroxyl groups excluding tert-OH is 1. The van der Waals surface area contributed by atoms with Gasteiger partial charge < -0.3 is 24.3 Å². The standard InChI is InChI=1S/C37H42ClNO5SSi/c1-36(2,3)46(27-13-8-6-9-14-27,28-15-10-7-11-16-28)44-24-22-37(21-23-40)35(41)39-31-20-19-26(38)25-30(31)34(45-37)29-17-12-18-32(42-4)33(29)43-5/h6-20,25,34,40H,21-24H2,1-5H3,(H,39,41)/t34-,37-/m0/s1. The molecule has 1 aliphatic rings. The zero-order valence-electron chi connectivity index (χ0n) is 27.0.